The molecule has 1 aliphatic rings. The Bertz CT molecular complexity index is 904. The molecule has 26 heavy (non-hydrogen) atoms. The molecular formula is C17H14N4O5. The van der Waals surface area contributed by atoms with Crippen LogP contribution in [0.1, 0.15) is 16.1 Å². The van der Waals surface area contributed by atoms with Crippen LogP contribution in [-0.4, -0.2) is 30.0 Å². The zero-order valence-corrected chi connectivity index (χ0v) is 13.6. The number of nitrogens with one attached hydrogen (secondary N) is 2. The van der Waals surface area contributed by atoms with E-state index in [1.165, 1.54) is 18.4 Å². The number of hydrogen-bond acceptors (Lipinski definition) is 6. The zero-order valence-electron chi connectivity index (χ0n) is 13.6. The minimum Gasteiger partial charge on any atom is -0.459 e. The molecule has 0 aliphatic carbocycles. The lowest BCUT2D eigenvalue weighted by molar-refractivity contribution is -0.131. The van der Waals surface area contributed by atoms with Crippen LogP contribution in [0.25, 0.3) is 0 Å². The standard InChI is InChI=1S/C17H14N4O5/c1-10-5-2-3-6-12(10)21-16(24)11(14(22)19-17(21)25)9-18-20-15(23)13-7-4-8-26-13/h2-9,11H,1H3,(H,20,23)(H,19,22,25)/b18-9-/t11-/m0/s1. The highest BCUT2D eigenvalue weighted by Crippen LogP contribution is 2.23. The first-order chi connectivity index (χ1) is 12.5. The lowest BCUT2D eigenvalue weighted by atomic mass is 10.0. The van der Waals surface area contributed by atoms with Crippen LogP contribution in [0.15, 0.2) is 52.2 Å². The first kappa shape index (κ1) is 17.1. The van der Waals surface area contributed by atoms with Gasteiger partial charge in [-0.3, -0.25) is 19.7 Å². The summed E-state index contributed by atoms with van der Waals surface area (Å²) in [7, 11) is 0. The van der Waals surface area contributed by atoms with Crippen molar-refractivity contribution in [1.82, 2.24) is 10.7 Å². The molecule has 0 saturated carbocycles. The highest BCUT2D eigenvalue weighted by Gasteiger charge is 2.40. The third-order valence-corrected chi connectivity index (χ3v) is 3.69. The predicted octanol–water partition coefficient (Wildman–Crippen LogP) is 1.20. The molecule has 0 unspecified atom stereocenters. The van der Waals surface area contributed by atoms with Crippen molar-refractivity contribution in [2.75, 3.05) is 4.90 Å². The van der Waals surface area contributed by atoms with Crippen molar-refractivity contribution >= 4 is 35.7 Å². The molecule has 2 aromatic rings. The summed E-state index contributed by atoms with van der Waals surface area (Å²) in [5.41, 5.74) is 3.20. The Morgan fingerprint density at radius 3 is 2.69 bits per heavy atom. The highest BCUT2D eigenvalue weighted by molar-refractivity contribution is 6.32. The molecule has 1 fully saturated rings. The van der Waals surface area contributed by atoms with Crippen molar-refractivity contribution in [3.05, 3.63) is 54.0 Å². The second kappa shape index (κ2) is 7.01. The Labute approximate surface area is 147 Å². The number of carbonyl (C=O) groups is 4. The molecule has 132 valence electrons. The summed E-state index contributed by atoms with van der Waals surface area (Å²) < 4.78 is 4.90. The number of carbonyl (C=O) groups excluding carboxylic acids is 4. The van der Waals surface area contributed by atoms with Gasteiger partial charge >= 0.3 is 11.9 Å². The van der Waals surface area contributed by atoms with Crippen molar-refractivity contribution in [2.45, 2.75) is 6.92 Å². The number of hydrazone groups is 1. The smallest absolute Gasteiger partial charge is 0.335 e. The lowest BCUT2D eigenvalue weighted by Crippen LogP contribution is -2.59. The molecule has 5 amide bonds. The fourth-order valence-electron chi connectivity index (χ4n) is 2.40. The minimum atomic E-state index is -1.36. The summed E-state index contributed by atoms with van der Waals surface area (Å²) >= 11 is 0. The zero-order chi connectivity index (χ0) is 18.7. The summed E-state index contributed by atoms with van der Waals surface area (Å²) in [4.78, 5) is 49.3. The van der Waals surface area contributed by atoms with E-state index in [2.05, 4.69) is 15.8 Å². The van der Waals surface area contributed by atoms with Gasteiger partial charge in [-0.15, -0.1) is 0 Å². The van der Waals surface area contributed by atoms with Gasteiger partial charge in [-0.05, 0) is 30.7 Å². The molecule has 1 aromatic carbocycles. The van der Waals surface area contributed by atoms with Crippen molar-refractivity contribution in [3.8, 4) is 0 Å². The number of anilines is 1. The van der Waals surface area contributed by atoms with Gasteiger partial charge in [0.25, 0.3) is 5.91 Å². The summed E-state index contributed by atoms with van der Waals surface area (Å²) in [6.45, 7) is 1.74. The predicted molar refractivity (Wildman–Crippen MR) is 90.4 cm³/mol. The van der Waals surface area contributed by atoms with E-state index in [1.54, 1.807) is 31.2 Å². The molecule has 1 atom stereocenters. The largest absolute Gasteiger partial charge is 0.459 e. The summed E-state index contributed by atoms with van der Waals surface area (Å²) in [6.07, 6.45) is 2.29. The van der Waals surface area contributed by atoms with Gasteiger partial charge < -0.3 is 4.42 Å². The van der Waals surface area contributed by atoms with Crippen LogP contribution < -0.4 is 15.6 Å². The van der Waals surface area contributed by atoms with Crippen molar-refractivity contribution in [3.63, 3.8) is 0 Å². The Balaban J connectivity index is 1.78. The van der Waals surface area contributed by atoms with E-state index in [9.17, 15) is 19.2 Å². The van der Waals surface area contributed by atoms with E-state index in [0.717, 1.165) is 11.1 Å². The number of imide groups is 2. The number of nitrogens with zero attached hydrogens (tertiary/aromatic N) is 2. The molecule has 0 spiro atoms. The average Bonchev–Trinajstić information content (AvgIpc) is 3.14. The van der Waals surface area contributed by atoms with Gasteiger partial charge in [-0.1, -0.05) is 18.2 Å². The topological polar surface area (TPSA) is 121 Å². The van der Waals surface area contributed by atoms with E-state index < -0.39 is 29.7 Å². The molecule has 3 rings (SSSR count). The van der Waals surface area contributed by atoms with E-state index in [-0.39, 0.29) is 5.76 Å². The SMILES string of the molecule is Cc1ccccc1N1C(=O)NC(=O)[C@H](/C=N\NC(=O)c2ccco2)C1=O. The first-order valence-corrected chi connectivity index (χ1v) is 7.60. The summed E-state index contributed by atoms with van der Waals surface area (Å²) in [5, 5.41) is 5.73. The van der Waals surface area contributed by atoms with E-state index >= 15 is 0 Å². The molecule has 9 nitrogen and oxygen atoms in total. The van der Waals surface area contributed by atoms with Crippen molar-refractivity contribution in [2.24, 2.45) is 11.0 Å². The van der Waals surface area contributed by atoms with E-state index in [0.29, 0.717) is 11.3 Å². The maximum Gasteiger partial charge on any atom is 0.335 e. The third-order valence-electron chi connectivity index (χ3n) is 3.69. The Morgan fingerprint density at radius 2 is 2.00 bits per heavy atom. The van der Waals surface area contributed by atoms with Gasteiger partial charge in [-0.25, -0.2) is 15.1 Å². The maximum absolute atomic E-state index is 12.6. The average molecular weight is 354 g/mol. The molecule has 9 heteroatoms. The normalized spacial score (nSPS) is 17.5. The lowest BCUT2D eigenvalue weighted by Gasteiger charge is -2.29. The van der Waals surface area contributed by atoms with Gasteiger partial charge in [0.15, 0.2) is 11.7 Å². The van der Waals surface area contributed by atoms with Crippen LogP contribution >= 0.6 is 0 Å². The van der Waals surface area contributed by atoms with Crippen molar-refractivity contribution < 1.29 is 23.6 Å². The molecule has 0 bridgehead atoms. The second-order valence-corrected chi connectivity index (χ2v) is 5.43. The number of barbiturate groups is 1. The number of para-hydroxylation sites is 1. The quantitative estimate of drug-likeness (QED) is 0.485. The highest BCUT2D eigenvalue weighted by atomic mass is 16.3. The number of urea groups is 1. The number of hydrogen-bond donors (Lipinski definition) is 2. The van der Waals surface area contributed by atoms with Crippen LogP contribution in [0, 0.1) is 12.8 Å². The van der Waals surface area contributed by atoms with Crippen LogP contribution in [0.4, 0.5) is 10.5 Å². The Hall–Kier alpha value is -3.75. The Kier molecular flexibility index (Phi) is 4.61. The van der Waals surface area contributed by atoms with Gasteiger partial charge in [0.2, 0.25) is 5.91 Å². The summed E-state index contributed by atoms with van der Waals surface area (Å²) in [5.74, 6) is -3.55. The van der Waals surface area contributed by atoms with Crippen LogP contribution in [0.5, 0.6) is 0 Å². The van der Waals surface area contributed by atoms with E-state index in [4.69, 9.17) is 4.42 Å². The fourth-order valence-corrected chi connectivity index (χ4v) is 2.40. The van der Waals surface area contributed by atoms with E-state index in [1.807, 2.05) is 0 Å². The molecule has 1 aromatic heterocycles. The molecule has 2 heterocycles. The number of benzene rings is 1. The van der Waals surface area contributed by atoms with Gasteiger partial charge in [-0.2, -0.15) is 5.10 Å². The molecule has 1 aliphatic heterocycles. The third kappa shape index (κ3) is 3.22. The fraction of sp³-hybridized carbons (Fsp3) is 0.118. The number of furan rings is 1. The monoisotopic (exact) mass is 354 g/mol. The number of amides is 5. The molecular weight excluding hydrogens is 340 g/mol. The number of rotatable bonds is 4. The minimum absolute atomic E-state index is 0.0262. The van der Waals surface area contributed by atoms with Gasteiger partial charge in [0.05, 0.1) is 12.0 Å². The maximum atomic E-state index is 12.6. The first-order valence-electron chi connectivity index (χ1n) is 7.60. The van der Waals surface area contributed by atoms with Gasteiger partial charge in [0.1, 0.15) is 0 Å². The van der Waals surface area contributed by atoms with Crippen LogP contribution in [-0.2, 0) is 9.59 Å². The number of aryl methyl sites for hydroxylation is 1. The van der Waals surface area contributed by atoms with Crippen molar-refractivity contribution in [1.29, 1.82) is 0 Å². The summed E-state index contributed by atoms with van der Waals surface area (Å²) in [6, 6.07) is 8.89. The van der Waals surface area contributed by atoms with Crippen LogP contribution in [0.2, 0.25) is 0 Å². The van der Waals surface area contributed by atoms with Crippen LogP contribution in [0.3, 0.4) is 0 Å². The molecule has 1 saturated heterocycles. The molecule has 2 N–H and O–H groups in total. The van der Waals surface area contributed by atoms with Gasteiger partial charge in [0, 0.05) is 6.21 Å². The molecule has 0 radical (unpaired) electrons. The Morgan fingerprint density at radius 1 is 1.23 bits per heavy atom. The second-order valence-electron chi connectivity index (χ2n) is 5.43.